The molecule has 1 saturated heterocycles. The second-order valence-corrected chi connectivity index (χ2v) is 9.58. The Morgan fingerprint density at radius 1 is 0.769 bits per heavy atom. The molecule has 196 valence electrons. The first-order valence-electron chi connectivity index (χ1n) is 13.0. The third-order valence-electron chi connectivity index (χ3n) is 7.22. The number of carbonyl (C=O) groups excluding carboxylic acids is 1. The van der Waals surface area contributed by atoms with E-state index in [1.807, 2.05) is 54.6 Å². The molecule has 6 rings (SSSR count). The average Bonchev–Trinajstić information content (AvgIpc) is 3.42. The van der Waals surface area contributed by atoms with Gasteiger partial charge in [-0.15, -0.1) is 0 Å². The van der Waals surface area contributed by atoms with Crippen molar-refractivity contribution in [2.45, 2.75) is 12.5 Å². The van der Waals surface area contributed by atoms with Gasteiger partial charge >= 0.3 is 0 Å². The topological polar surface area (TPSA) is 53.7 Å². The number of rotatable bonds is 6. The molecule has 0 atom stereocenters. The van der Waals surface area contributed by atoms with Crippen LogP contribution in [0.5, 0.6) is 0 Å². The van der Waals surface area contributed by atoms with Crippen molar-refractivity contribution in [1.82, 2.24) is 24.4 Å². The van der Waals surface area contributed by atoms with Crippen LogP contribution in [0.25, 0.3) is 16.9 Å². The van der Waals surface area contributed by atoms with Crippen LogP contribution in [0.15, 0.2) is 103 Å². The minimum absolute atomic E-state index is 0.0744. The zero-order chi connectivity index (χ0) is 26.8. The van der Waals surface area contributed by atoms with Gasteiger partial charge in [0.15, 0.2) is 5.65 Å². The fourth-order valence-corrected chi connectivity index (χ4v) is 5.29. The fraction of sp³-hybridized carbons (Fsp3) is 0.194. The Balaban J connectivity index is 1.27. The molecule has 0 bridgehead atoms. The molecule has 0 saturated carbocycles. The summed E-state index contributed by atoms with van der Waals surface area (Å²) in [5.41, 5.74) is 3.55. The first-order valence-corrected chi connectivity index (χ1v) is 13.0. The van der Waals surface area contributed by atoms with Crippen LogP contribution >= 0.6 is 0 Å². The first-order chi connectivity index (χ1) is 19.1. The number of hydrogen-bond donors (Lipinski definition) is 0. The van der Waals surface area contributed by atoms with Crippen molar-refractivity contribution in [3.05, 3.63) is 126 Å². The smallest absolute Gasteiger partial charge is 0.280 e. The minimum atomic E-state index is -2.77. The maximum Gasteiger partial charge on any atom is 0.280 e. The first kappa shape index (κ1) is 24.9. The lowest BCUT2D eigenvalue weighted by Gasteiger charge is -2.39. The third-order valence-corrected chi connectivity index (χ3v) is 7.22. The summed E-state index contributed by atoms with van der Waals surface area (Å²) in [7, 11) is 0. The van der Waals surface area contributed by atoms with Crippen molar-refractivity contribution >= 4 is 11.6 Å². The molecule has 3 aromatic carbocycles. The van der Waals surface area contributed by atoms with Gasteiger partial charge in [0, 0.05) is 31.7 Å². The Kier molecular flexibility index (Phi) is 6.85. The van der Waals surface area contributed by atoms with E-state index in [1.165, 1.54) is 23.4 Å². The molecule has 0 aliphatic carbocycles. The molecule has 3 heterocycles. The molecule has 1 aliphatic heterocycles. The molecule has 0 unspecified atom stereocenters. The van der Waals surface area contributed by atoms with E-state index in [2.05, 4.69) is 39.2 Å². The summed E-state index contributed by atoms with van der Waals surface area (Å²) < 4.78 is 29.0. The summed E-state index contributed by atoms with van der Waals surface area (Å²) in [5.74, 6) is -0.251. The summed E-state index contributed by atoms with van der Waals surface area (Å²) >= 11 is 0. The lowest BCUT2D eigenvalue weighted by Crippen LogP contribution is -2.49. The Morgan fingerprint density at radius 3 is 1.90 bits per heavy atom. The van der Waals surface area contributed by atoms with Crippen molar-refractivity contribution in [3.63, 3.8) is 0 Å². The van der Waals surface area contributed by atoms with Gasteiger partial charge in [0.25, 0.3) is 12.3 Å². The predicted octanol–water partition coefficient (Wildman–Crippen LogP) is 5.88. The summed E-state index contributed by atoms with van der Waals surface area (Å²) in [6.45, 7) is 2.35. The molecule has 0 radical (unpaired) electrons. The lowest BCUT2D eigenvalue weighted by atomic mass is 9.96. The maximum absolute atomic E-state index is 14.0. The summed E-state index contributed by atoms with van der Waals surface area (Å²) in [5, 5.41) is 4.13. The van der Waals surface area contributed by atoms with Gasteiger partial charge in [-0.3, -0.25) is 9.69 Å². The quantitative estimate of drug-likeness (QED) is 0.279. The van der Waals surface area contributed by atoms with Crippen LogP contribution in [0.3, 0.4) is 0 Å². The van der Waals surface area contributed by atoms with E-state index >= 15 is 0 Å². The second kappa shape index (κ2) is 10.7. The number of alkyl halides is 2. The minimum Gasteiger partial charge on any atom is -0.336 e. The van der Waals surface area contributed by atoms with E-state index in [-0.39, 0.29) is 28.9 Å². The Bertz CT molecular complexity index is 1530. The van der Waals surface area contributed by atoms with E-state index < -0.39 is 6.43 Å². The number of amides is 1. The fourth-order valence-electron chi connectivity index (χ4n) is 5.29. The molecule has 6 nitrogen and oxygen atoms in total. The highest BCUT2D eigenvalue weighted by Crippen LogP contribution is 2.31. The predicted molar refractivity (Wildman–Crippen MR) is 146 cm³/mol. The molecular weight excluding hydrogens is 496 g/mol. The Hall–Kier alpha value is -4.43. The summed E-state index contributed by atoms with van der Waals surface area (Å²) in [6.07, 6.45) is -1.41. The van der Waals surface area contributed by atoms with Crippen molar-refractivity contribution in [1.29, 1.82) is 0 Å². The molecule has 1 amide bonds. The zero-order valence-corrected chi connectivity index (χ0v) is 21.2. The summed E-state index contributed by atoms with van der Waals surface area (Å²) in [6, 6.07) is 31.2. The highest BCUT2D eigenvalue weighted by atomic mass is 19.3. The van der Waals surface area contributed by atoms with E-state index in [0.717, 1.165) is 4.52 Å². The van der Waals surface area contributed by atoms with Crippen LogP contribution in [-0.2, 0) is 0 Å². The molecule has 0 spiro atoms. The maximum atomic E-state index is 14.0. The van der Waals surface area contributed by atoms with Gasteiger partial charge in [0.2, 0.25) is 0 Å². The number of nitrogens with zero attached hydrogens (tertiary/aromatic N) is 5. The molecular formula is C31H27F2N5O. The van der Waals surface area contributed by atoms with Crippen LogP contribution in [0.2, 0.25) is 0 Å². The van der Waals surface area contributed by atoms with Gasteiger partial charge in [0.1, 0.15) is 11.3 Å². The van der Waals surface area contributed by atoms with Gasteiger partial charge in [-0.2, -0.15) is 5.10 Å². The number of benzene rings is 3. The van der Waals surface area contributed by atoms with Gasteiger partial charge in [-0.05, 0) is 17.2 Å². The average molecular weight is 524 g/mol. The van der Waals surface area contributed by atoms with Crippen molar-refractivity contribution in [3.8, 4) is 11.3 Å². The molecule has 39 heavy (non-hydrogen) atoms. The Labute approximate surface area is 225 Å². The van der Waals surface area contributed by atoms with Crippen LogP contribution < -0.4 is 0 Å². The number of halogens is 2. The highest BCUT2D eigenvalue weighted by Gasteiger charge is 2.30. The van der Waals surface area contributed by atoms with Gasteiger partial charge in [-0.25, -0.2) is 18.3 Å². The van der Waals surface area contributed by atoms with Crippen LogP contribution in [-0.4, -0.2) is 56.5 Å². The van der Waals surface area contributed by atoms with Gasteiger partial charge in [0.05, 0.1) is 17.9 Å². The largest absolute Gasteiger partial charge is 0.336 e. The zero-order valence-electron chi connectivity index (χ0n) is 21.2. The molecule has 1 aliphatic rings. The van der Waals surface area contributed by atoms with E-state index in [0.29, 0.717) is 37.4 Å². The van der Waals surface area contributed by atoms with Crippen molar-refractivity contribution < 1.29 is 13.6 Å². The Morgan fingerprint density at radius 2 is 1.33 bits per heavy atom. The lowest BCUT2D eigenvalue weighted by molar-refractivity contribution is 0.0599. The van der Waals surface area contributed by atoms with Crippen LogP contribution in [0.1, 0.15) is 39.6 Å². The summed E-state index contributed by atoms with van der Waals surface area (Å²) in [4.78, 5) is 22.4. The molecule has 0 N–H and O–H groups in total. The van der Waals surface area contributed by atoms with E-state index in [9.17, 15) is 13.6 Å². The highest BCUT2D eigenvalue weighted by molar-refractivity contribution is 6.00. The monoisotopic (exact) mass is 523 g/mol. The number of piperazine rings is 1. The second-order valence-electron chi connectivity index (χ2n) is 9.58. The van der Waals surface area contributed by atoms with Crippen LogP contribution in [0.4, 0.5) is 8.78 Å². The van der Waals surface area contributed by atoms with Crippen molar-refractivity contribution in [2.24, 2.45) is 0 Å². The van der Waals surface area contributed by atoms with E-state index in [4.69, 9.17) is 0 Å². The number of carbonyl (C=O) groups is 1. The molecule has 1 fully saturated rings. The number of aromatic nitrogens is 3. The van der Waals surface area contributed by atoms with Gasteiger partial charge in [-0.1, -0.05) is 91.0 Å². The third kappa shape index (κ3) is 4.91. The standard InChI is InChI=1S/C31H27F2N5O/c32-29(33)27-20-26(22-10-4-1-5-11-22)35-30-25(21-34-38(27)30)31(39)37-18-16-36(17-19-37)28(23-12-6-2-7-13-23)24-14-8-3-9-15-24/h1-15,20-21,28-29H,16-19H2. The van der Waals surface area contributed by atoms with Crippen molar-refractivity contribution in [2.75, 3.05) is 26.2 Å². The van der Waals surface area contributed by atoms with Gasteiger partial charge < -0.3 is 4.90 Å². The SMILES string of the molecule is O=C(c1cnn2c(C(F)F)cc(-c3ccccc3)nc12)N1CCN(C(c2ccccc2)c2ccccc2)CC1. The van der Waals surface area contributed by atoms with Crippen LogP contribution in [0, 0.1) is 0 Å². The number of fused-ring (bicyclic) bond motifs is 1. The van der Waals surface area contributed by atoms with E-state index in [1.54, 1.807) is 17.0 Å². The molecule has 2 aromatic heterocycles. The number of hydrogen-bond acceptors (Lipinski definition) is 4. The molecule has 5 aromatic rings. The normalized spacial score (nSPS) is 14.4. The molecule has 8 heteroatoms.